The fraction of sp³-hybridized carbons (Fsp3) is 0.324. The summed E-state index contributed by atoms with van der Waals surface area (Å²) in [5.41, 5.74) is 4.19. The first kappa shape index (κ1) is 31.2. The molecule has 238 valence electrons. The molecule has 2 atom stereocenters. The van der Waals surface area contributed by atoms with E-state index in [2.05, 4.69) is 35.6 Å². The molecule has 46 heavy (non-hydrogen) atoms. The number of anilines is 1. The second kappa shape index (κ2) is 14.5. The number of benzene rings is 1. The number of ether oxygens (including phenoxy) is 2. The minimum absolute atomic E-state index is 0.0528. The van der Waals surface area contributed by atoms with Crippen LogP contribution in [0, 0.1) is 11.6 Å². The highest BCUT2D eigenvalue weighted by Crippen LogP contribution is 2.29. The van der Waals surface area contributed by atoms with Gasteiger partial charge < -0.3 is 25.1 Å². The molecule has 1 aliphatic rings. The molecule has 0 radical (unpaired) electrons. The Hall–Kier alpha value is -4.81. The molecule has 1 aliphatic carbocycles. The van der Waals surface area contributed by atoms with Crippen molar-refractivity contribution in [2.45, 2.75) is 51.3 Å². The van der Waals surface area contributed by atoms with E-state index in [1.807, 2.05) is 37.3 Å². The molecule has 5 aromatic rings. The second-order valence-electron chi connectivity index (χ2n) is 11.2. The number of amides is 1. The number of hydrogen-bond donors (Lipinski definition) is 3. The molecule has 6 rings (SSSR count). The molecule has 1 fully saturated rings. The summed E-state index contributed by atoms with van der Waals surface area (Å²) < 4.78 is 39.7. The molecule has 4 heterocycles. The fourth-order valence-corrected chi connectivity index (χ4v) is 5.69. The van der Waals surface area contributed by atoms with Gasteiger partial charge in [0.2, 0.25) is 0 Å². The van der Waals surface area contributed by atoms with Crippen molar-refractivity contribution in [3.63, 3.8) is 0 Å². The van der Waals surface area contributed by atoms with Crippen LogP contribution in [0.3, 0.4) is 0 Å². The quantitative estimate of drug-likeness (QED) is 0.142. The van der Waals surface area contributed by atoms with Crippen LogP contribution >= 0.6 is 0 Å². The molecule has 0 unspecified atom stereocenters. The SMILES string of the molecule is CCOCCOCc1cccc(-c2ccnc(C(=O)N[C@H]3CCC[C@@H](Nc4nc(-c5c[nH]c6ncc(F)cc56)ncc4F)C3)c2)c1. The number of carbonyl (C=O) groups excluding carboxylic acids is 1. The highest BCUT2D eigenvalue weighted by atomic mass is 19.1. The van der Waals surface area contributed by atoms with Gasteiger partial charge in [0.1, 0.15) is 17.2 Å². The monoisotopic (exact) mass is 627 g/mol. The summed E-state index contributed by atoms with van der Waals surface area (Å²) in [6.45, 7) is 4.16. The fourth-order valence-electron chi connectivity index (χ4n) is 5.69. The Labute approximate surface area is 265 Å². The molecule has 1 amide bonds. The number of nitrogens with one attached hydrogen (secondary N) is 3. The van der Waals surface area contributed by atoms with Crippen molar-refractivity contribution in [2.24, 2.45) is 0 Å². The number of carbonyl (C=O) groups is 1. The van der Waals surface area contributed by atoms with Gasteiger partial charge in [0.25, 0.3) is 5.91 Å². The number of fused-ring (bicyclic) bond motifs is 1. The Morgan fingerprint density at radius 2 is 1.85 bits per heavy atom. The van der Waals surface area contributed by atoms with E-state index in [1.165, 1.54) is 6.07 Å². The third kappa shape index (κ3) is 7.52. The van der Waals surface area contributed by atoms with Crippen LogP contribution in [0.25, 0.3) is 33.5 Å². The van der Waals surface area contributed by atoms with Gasteiger partial charge >= 0.3 is 0 Å². The van der Waals surface area contributed by atoms with Gasteiger partial charge in [-0.3, -0.25) is 9.78 Å². The summed E-state index contributed by atoms with van der Waals surface area (Å²) in [5, 5.41) is 6.82. The van der Waals surface area contributed by atoms with Gasteiger partial charge in [0.05, 0.1) is 32.2 Å². The van der Waals surface area contributed by atoms with Crippen molar-refractivity contribution in [1.82, 2.24) is 30.2 Å². The largest absolute Gasteiger partial charge is 0.379 e. The molecule has 4 aromatic heterocycles. The zero-order valence-electron chi connectivity index (χ0n) is 25.4. The number of hydrogen-bond acceptors (Lipinski definition) is 8. The highest BCUT2D eigenvalue weighted by Gasteiger charge is 2.26. The summed E-state index contributed by atoms with van der Waals surface area (Å²) in [7, 11) is 0. The maximum atomic E-state index is 14.8. The number of halogens is 2. The van der Waals surface area contributed by atoms with Crippen molar-refractivity contribution < 1.29 is 23.0 Å². The van der Waals surface area contributed by atoms with Crippen LogP contribution in [-0.4, -0.2) is 62.7 Å². The number of pyridine rings is 2. The van der Waals surface area contributed by atoms with Crippen LogP contribution in [0.2, 0.25) is 0 Å². The first-order valence-electron chi connectivity index (χ1n) is 15.4. The van der Waals surface area contributed by atoms with Gasteiger partial charge in [0, 0.05) is 42.0 Å². The maximum Gasteiger partial charge on any atom is 0.270 e. The number of aromatic amines is 1. The number of H-pyrrole nitrogens is 1. The lowest BCUT2D eigenvalue weighted by Crippen LogP contribution is -2.42. The minimum Gasteiger partial charge on any atom is -0.379 e. The van der Waals surface area contributed by atoms with Crippen LogP contribution in [0.4, 0.5) is 14.6 Å². The Morgan fingerprint density at radius 1 is 1.00 bits per heavy atom. The molecule has 0 spiro atoms. The smallest absolute Gasteiger partial charge is 0.270 e. The van der Waals surface area contributed by atoms with E-state index >= 15 is 0 Å². The average Bonchev–Trinajstić information content (AvgIpc) is 3.49. The van der Waals surface area contributed by atoms with Crippen LogP contribution in [0.15, 0.2) is 67.3 Å². The zero-order valence-corrected chi connectivity index (χ0v) is 25.4. The predicted octanol–water partition coefficient (Wildman–Crippen LogP) is 6.07. The van der Waals surface area contributed by atoms with Gasteiger partial charge in [-0.05, 0) is 73.6 Å². The Balaban J connectivity index is 1.09. The van der Waals surface area contributed by atoms with Crippen LogP contribution in [0.5, 0.6) is 0 Å². The van der Waals surface area contributed by atoms with E-state index in [-0.39, 0.29) is 29.6 Å². The molecule has 3 N–H and O–H groups in total. The molecule has 1 saturated carbocycles. The van der Waals surface area contributed by atoms with Crippen molar-refractivity contribution in [3.05, 3.63) is 90.1 Å². The van der Waals surface area contributed by atoms with Gasteiger partial charge in [-0.15, -0.1) is 0 Å². The summed E-state index contributed by atoms with van der Waals surface area (Å²) in [4.78, 5) is 33.1. The molecule has 0 saturated heterocycles. The highest BCUT2D eigenvalue weighted by molar-refractivity contribution is 5.94. The van der Waals surface area contributed by atoms with Crippen LogP contribution in [-0.2, 0) is 16.1 Å². The molecule has 10 nitrogen and oxygen atoms in total. The first-order chi connectivity index (χ1) is 22.5. The maximum absolute atomic E-state index is 14.8. The van der Waals surface area contributed by atoms with Crippen LogP contribution < -0.4 is 10.6 Å². The summed E-state index contributed by atoms with van der Waals surface area (Å²) in [5.74, 6) is -1.05. The van der Waals surface area contributed by atoms with Crippen molar-refractivity contribution >= 4 is 22.8 Å². The Morgan fingerprint density at radius 3 is 2.74 bits per heavy atom. The van der Waals surface area contributed by atoms with Crippen molar-refractivity contribution in [2.75, 3.05) is 25.1 Å². The van der Waals surface area contributed by atoms with Gasteiger partial charge in [0.15, 0.2) is 17.5 Å². The molecule has 0 bridgehead atoms. The lowest BCUT2D eigenvalue weighted by molar-refractivity contribution is 0.0453. The van der Waals surface area contributed by atoms with E-state index in [1.54, 1.807) is 18.5 Å². The van der Waals surface area contributed by atoms with Crippen molar-refractivity contribution in [1.29, 1.82) is 0 Å². The molecule has 1 aromatic carbocycles. The Kier molecular flexibility index (Phi) is 9.85. The number of nitrogens with zero attached hydrogens (tertiary/aromatic N) is 4. The van der Waals surface area contributed by atoms with Gasteiger partial charge in [-0.1, -0.05) is 18.2 Å². The third-order valence-electron chi connectivity index (χ3n) is 7.93. The van der Waals surface area contributed by atoms with E-state index in [0.717, 1.165) is 48.3 Å². The van der Waals surface area contributed by atoms with E-state index in [4.69, 9.17) is 9.47 Å². The summed E-state index contributed by atoms with van der Waals surface area (Å²) in [6, 6.07) is 12.7. The zero-order chi connectivity index (χ0) is 31.9. The molecular formula is C34H35F2N7O3. The number of aromatic nitrogens is 5. The summed E-state index contributed by atoms with van der Waals surface area (Å²) in [6.07, 6.45) is 8.47. The topological polar surface area (TPSA) is 127 Å². The van der Waals surface area contributed by atoms with E-state index < -0.39 is 11.6 Å². The van der Waals surface area contributed by atoms with Gasteiger partial charge in [-0.25, -0.2) is 23.7 Å². The van der Waals surface area contributed by atoms with Crippen molar-refractivity contribution in [3.8, 4) is 22.5 Å². The lowest BCUT2D eigenvalue weighted by atomic mass is 9.90. The summed E-state index contributed by atoms with van der Waals surface area (Å²) >= 11 is 0. The molecule has 12 heteroatoms. The average molecular weight is 628 g/mol. The normalized spacial score (nSPS) is 16.4. The van der Waals surface area contributed by atoms with Gasteiger partial charge in [-0.2, -0.15) is 0 Å². The lowest BCUT2D eigenvalue weighted by Gasteiger charge is -2.30. The minimum atomic E-state index is -0.596. The third-order valence-corrected chi connectivity index (χ3v) is 7.93. The molecular weight excluding hydrogens is 592 g/mol. The standard InChI is InChI=1S/C34H35F2N7O3/c1-2-45-11-12-46-20-21-5-3-6-22(13-21)23-9-10-37-30(14-23)34(44)42-26-8-4-7-25(16-26)41-33-29(36)19-40-32(43-33)28-18-39-31-27(28)15-24(35)17-38-31/h3,5-6,9-10,13-15,17-19,25-26H,2,4,7-8,11-12,16,20H2,1H3,(H,38,39)(H,42,44)(H,40,41,43)/t25-,26+/m1/s1. The van der Waals surface area contributed by atoms with E-state index in [9.17, 15) is 13.6 Å². The second-order valence-corrected chi connectivity index (χ2v) is 11.2. The number of rotatable bonds is 12. The predicted molar refractivity (Wildman–Crippen MR) is 170 cm³/mol. The van der Waals surface area contributed by atoms with E-state index in [0.29, 0.717) is 55.1 Å². The van der Waals surface area contributed by atoms with Crippen LogP contribution in [0.1, 0.15) is 48.7 Å². The Bertz CT molecular complexity index is 1820. The first-order valence-corrected chi connectivity index (χ1v) is 15.4. The molecule has 0 aliphatic heterocycles.